The van der Waals surface area contributed by atoms with Crippen LogP contribution in [-0.4, -0.2) is 23.1 Å². The zero-order chi connectivity index (χ0) is 12.0. The van der Waals surface area contributed by atoms with Crippen LogP contribution in [0.25, 0.3) is 10.9 Å². The molecule has 1 aliphatic rings. The second-order valence-corrected chi connectivity index (χ2v) is 4.90. The first-order valence-corrected chi connectivity index (χ1v) is 5.98. The maximum atomic E-state index is 5.66. The van der Waals surface area contributed by atoms with E-state index in [1.165, 1.54) is 27.7 Å². The second kappa shape index (κ2) is 3.65. The highest BCUT2D eigenvalue weighted by molar-refractivity contribution is 5.87. The maximum Gasteiger partial charge on any atom is 0.0618 e. The Morgan fingerprint density at radius 2 is 2.18 bits per heavy atom. The highest BCUT2D eigenvalue weighted by Gasteiger charge is 2.21. The molecule has 0 radical (unpaired) electrons. The lowest BCUT2D eigenvalue weighted by atomic mass is 10.0. The molecule has 2 heterocycles. The van der Waals surface area contributed by atoms with Gasteiger partial charge in [-0.05, 0) is 38.1 Å². The van der Waals surface area contributed by atoms with E-state index in [4.69, 9.17) is 6.42 Å². The molecular formula is C15H16N2. The van der Waals surface area contributed by atoms with E-state index < -0.39 is 0 Å². The first-order chi connectivity index (χ1) is 8.20. The van der Waals surface area contributed by atoms with Crippen LogP contribution in [0.2, 0.25) is 0 Å². The zero-order valence-corrected chi connectivity index (χ0v) is 10.3. The fourth-order valence-corrected chi connectivity index (χ4v) is 2.75. The Labute approximate surface area is 102 Å². The van der Waals surface area contributed by atoms with Crippen LogP contribution in [-0.2, 0) is 13.0 Å². The van der Waals surface area contributed by atoms with Gasteiger partial charge in [0.15, 0.2) is 0 Å². The normalized spacial score (nSPS) is 15.8. The SMILES string of the molecule is C#Cn1c2c(c3cc(C)ccc31)CCN(C)C2. The minimum absolute atomic E-state index is 0.952. The lowest BCUT2D eigenvalue weighted by Crippen LogP contribution is -2.27. The summed E-state index contributed by atoms with van der Waals surface area (Å²) in [7, 11) is 2.15. The molecule has 0 amide bonds. The summed E-state index contributed by atoms with van der Waals surface area (Å²) in [5.74, 6) is 0. The molecule has 0 unspecified atom stereocenters. The Kier molecular flexibility index (Phi) is 2.24. The van der Waals surface area contributed by atoms with Crippen molar-refractivity contribution in [2.45, 2.75) is 19.9 Å². The van der Waals surface area contributed by atoms with Crippen LogP contribution in [0.15, 0.2) is 18.2 Å². The van der Waals surface area contributed by atoms with Gasteiger partial charge in [0.1, 0.15) is 0 Å². The van der Waals surface area contributed by atoms with E-state index in [0.29, 0.717) is 0 Å². The van der Waals surface area contributed by atoms with E-state index in [0.717, 1.165) is 19.5 Å². The predicted octanol–water partition coefficient (Wildman–Crippen LogP) is 2.38. The Balaban J connectivity index is 2.36. The van der Waals surface area contributed by atoms with Gasteiger partial charge in [-0.25, -0.2) is 0 Å². The first kappa shape index (κ1) is 10.4. The van der Waals surface area contributed by atoms with E-state index in [-0.39, 0.29) is 0 Å². The average Bonchev–Trinajstić information content (AvgIpc) is 2.61. The number of benzene rings is 1. The van der Waals surface area contributed by atoms with Crippen LogP contribution in [0.1, 0.15) is 16.8 Å². The van der Waals surface area contributed by atoms with Crippen molar-refractivity contribution < 1.29 is 0 Å². The quantitative estimate of drug-likeness (QED) is 0.624. The average molecular weight is 224 g/mol. The molecule has 1 aliphatic heterocycles. The monoisotopic (exact) mass is 224 g/mol. The van der Waals surface area contributed by atoms with E-state index in [1.807, 2.05) is 4.57 Å². The fraction of sp³-hybridized carbons (Fsp3) is 0.333. The lowest BCUT2D eigenvalue weighted by Gasteiger charge is -2.23. The van der Waals surface area contributed by atoms with Crippen LogP contribution >= 0.6 is 0 Å². The van der Waals surface area contributed by atoms with Crippen LogP contribution in [0.3, 0.4) is 0 Å². The molecule has 86 valence electrons. The predicted molar refractivity (Wildman–Crippen MR) is 70.9 cm³/mol. The van der Waals surface area contributed by atoms with Crippen molar-refractivity contribution in [2.75, 3.05) is 13.6 Å². The van der Waals surface area contributed by atoms with Crippen LogP contribution in [0, 0.1) is 19.4 Å². The molecule has 2 nitrogen and oxygen atoms in total. The largest absolute Gasteiger partial charge is 0.300 e. The third-order valence-electron chi connectivity index (χ3n) is 3.63. The standard InChI is InChI=1S/C15H16N2/c1-4-17-14-6-5-11(2)9-13(14)12-7-8-16(3)10-15(12)17/h1,5-6,9H,7-8,10H2,2-3H3. The third kappa shape index (κ3) is 1.47. The molecular weight excluding hydrogens is 208 g/mol. The summed E-state index contributed by atoms with van der Waals surface area (Å²) in [5.41, 5.74) is 5.22. The van der Waals surface area contributed by atoms with E-state index in [2.05, 4.69) is 43.1 Å². The van der Waals surface area contributed by atoms with Gasteiger partial charge >= 0.3 is 0 Å². The fourth-order valence-electron chi connectivity index (χ4n) is 2.75. The van der Waals surface area contributed by atoms with Gasteiger partial charge in [0, 0.05) is 30.2 Å². The molecule has 3 rings (SSSR count). The highest BCUT2D eigenvalue weighted by Crippen LogP contribution is 2.30. The third-order valence-corrected chi connectivity index (χ3v) is 3.63. The summed E-state index contributed by atoms with van der Waals surface area (Å²) in [6, 6.07) is 9.34. The molecule has 0 bridgehead atoms. The molecule has 0 fully saturated rings. The van der Waals surface area contributed by atoms with Crippen molar-refractivity contribution in [1.29, 1.82) is 0 Å². The van der Waals surface area contributed by atoms with Gasteiger partial charge in [-0.15, -0.1) is 0 Å². The van der Waals surface area contributed by atoms with Gasteiger partial charge in [-0.1, -0.05) is 18.1 Å². The smallest absolute Gasteiger partial charge is 0.0618 e. The number of aromatic nitrogens is 1. The van der Waals surface area contributed by atoms with E-state index in [1.54, 1.807) is 0 Å². The summed E-state index contributed by atoms with van der Waals surface area (Å²) < 4.78 is 2.01. The first-order valence-electron chi connectivity index (χ1n) is 5.98. The molecule has 1 aromatic heterocycles. The zero-order valence-electron chi connectivity index (χ0n) is 10.3. The van der Waals surface area contributed by atoms with Crippen molar-refractivity contribution >= 4 is 10.9 Å². The minimum Gasteiger partial charge on any atom is -0.300 e. The molecule has 0 atom stereocenters. The number of fused-ring (bicyclic) bond motifs is 3. The number of nitrogens with zero attached hydrogens (tertiary/aromatic N) is 2. The van der Waals surface area contributed by atoms with Crippen molar-refractivity contribution in [1.82, 2.24) is 9.47 Å². The van der Waals surface area contributed by atoms with Gasteiger partial charge < -0.3 is 4.90 Å². The number of hydrogen-bond donors (Lipinski definition) is 0. The molecule has 2 heteroatoms. The second-order valence-electron chi connectivity index (χ2n) is 4.90. The number of aryl methyl sites for hydroxylation is 1. The Morgan fingerprint density at radius 1 is 1.35 bits per heavy atom. The summed E-state index contributed by atoms with van der Waals surface area (Å²) in [6.07, 6.45) is 6.76. The molecule has 0 saturated carbocycles. The van der Waals surface area contributed by atoms with E-state index in [9.17, 15) is 0 Å². The Bertz CT molecular complexity index is 628. The molecule has 0 N–H and O–H groups in total. The van der Waals surface area contributed by atoms with Gasteiger partial charge in [0.05, 0.1) is 5.52 Å². The topological polar surface area (TPSA) is 8.17 Å². The van der Waals surface area contributed by atoms with E-state index >= 15 is 0 Å². The van der Waals surface area contributed by atoms with Crippen LogP contribution in [0.5, 0.6) is 0 Å². The number of hydrogen-bond acceptors (Lipinski definition) is 1. The van der Waals surface area contributed by atoms with Gasteiger partial charge in [0.2, 0.25) is 0 Å². The lowest BCUT2D eigenvalue weighted by molar-refractivity contribution is 0.308. The molecule has 0 aliphatic carbocycles. The maximum absolute atomic E-state index is 5.66. The van der Waals surface area contributed by atoms with Gasteiger partial charge in [-0.2, -0.15) is 0 Å². The summed E-state index contributed by atoms with van der Waals surface area (Å²) in [6.45, 7) is 4.20. The number of likely N-dealkylation sites (N-methyl/N-ethyl adjacent to an activating group) is 1. The van der Waals surface area contributed by atoms with Crippen molar-refractivity contribution in [3.8, 4) is 12.5 Å². The van der Waals surface area contributed by atoms with Gasteiger partial charge in [0.25, 0.3) is 0 Å². The Hall–Kier alpha value is -1.72. The molecule has 1 aromatic carbocycles. The molecule has 17 heavy (non-hydrogen) atoms. The molecule has 2 aromatic rings. The highest BCUT2D eigenvalue weighted by atomic mass is 15.1. The van der Waals surface area contributed by atoms with Crippen molar-refractivity contribution in [3.05, 3.63) is 35.0 Å². The molecule has 0 saturated heterocycles. The van der Waals surface area contributed by atoms with Crippen LogP contribution in [0.4, 0.5) is 0 Å². The van der Waals surface area contributed by atoms with Crippen molar-refractivity contribution in [2.24, 2.45) is 0 Å². The summed E-state index contributed by atoms with van der Waals surface area (Å²) in [5, 5.41) is 1.34. The van der Waals surface area contributed by atoms with Crippen LogP contribution < -0.4 is 0 Å². The summed E-state index contributed by atoms with van der Waals surface area (Å²) in [4.78, 5) is 2.32. The molecule has 0 spiro atoms. The number of terminal acetylenes is 1. The summed E-state index contributed by atoms with van der Waals surface area (Å²) >= 11 is 0. The number of rotatable bonds is 0. The minimum atomic E-state index is 0.952. The van der Waals surface area contributed by atoms with Crippen molar-refractivity contribution in [3.63, 3.8) is 0 Å². The Morgan fingerprint density at radius 3 is 2.94 bits per heavy atom. The van der Waals surface area contributed by atoms with Gasteiger partial charge in [-0.3, -0.25) is 4.57 Å².